The van der Waals surface area contributed by atoms with Crippen molar-refractivity contribution >= 4 is 23.7 Å². The first-order valence-electron chi connectivity index (χ1n) is 5.30. The van der Waals surface area contributed by atoms with Gasteiger partial charge in [-0.15, -0.1) is 0 Å². The Morgan fingerprint density at radius 3 is 3.25 bits per heavy atom. The summed E-state index contributed by atoms with van der Waals surface area (Å²) < 4.78 is 1.69. The molecule has 16 heavy (non-hydrogen) atoms. The number of aromatic nitrogens is 3. The van der Waals surface area contributed by atoms with Crippen LogP contribution in [0, 0.1) is 0 Å². The van der Waals surface area contributed by atoms with Crippen LogP contribution in [0.25, 0.3) is 5.65 Å². The second-order valence-electron chi connectivity index (χ2n) is 3.82. The molecule has 0 spiro atoms. The fraction of sp³-hybridized carbons (Fsp3) is 0.364. The van der Waals surface area contributed by atoms with Crippen molar-refractivity contribution < 1.29 is 4.79 Å². The maximum absolute atomic E-state index is 10.9. The van der Waals surface area contributed by atoms with Gasteiger partial charge in [-0.25, -0.2) is 9.50 Å². The Morgan fingerprint density at radius 1 is 1.56 bits per heavy atom. The molecule has 2 aromatic rings. The number of hydrogen-bond donors (Lipinski definition) is 0. The van der Waals surface area contributed by atoms with Crippen LogP contribution in [0.5, 0.6) is 0 Å². The van der Waals surface area contributed by atoms with Gasteiger partial charge in [-0.05, 0) is 30.7 Å². The maximum Gasteiger partial charge on any atom is 0.166 e. The second kappa shape index (κ2) is 3.90. The first-order valence-corrected chi connectivity index (χ1v) is 6.35. The van der Waals surface area contributed by atoms with Crippen LogP contribution >= 0.6 is 11.8 Å². The molecule has 1 saturated heterocycles. The number of pyridine rings is 1. The number of aldehydes is 1. The molecule has 1 atom stereocenters. The van der Waals surface area contributed by atoms with Gasteiger partial charge in [0.1, 0.15) is 0 Å². The molecule has 2 aromatic heterocycles. The number of fused-ring (bicyclic) bond motifs is 1. The lowest BCUT2D eigenvalue weighted by Gasteiger charge is -1.99. The van der Waals surface area contributed by atoms with E-state index in [-0.39, 0.29) is 0 Å². The molecule has 5 heteroatoms. The minimum absolute atomic E-state index is 0.402. The Bertz CT molecular complexity index is 531. The highest BCUT2D eigenvalue weighted by Crippen LogP contribution is 2.38. The SMILES string of the molecule is O=Cc1cccn2nc(C3CCCS3)nc12. The number of nitrogens with zero attached hydrogens (tertiary/aromatic N) is 3. The molecular formula is C11H11N3OS. The first kappa shape index (κ1) is 9.84. The van der Waals surface area contributed by atoms with Crippen LogP contribution in [0.1, 0.15) is 34.3 Å². The smallest absolute Gasteiger partial charge is 0.166 e. The molecular weight excluding hydrogens is 222 g/mol. The third-order valence-corrected chi connectivity index (χ3v) is 4.13. The summed E-state index contributed by atoms with van der Waals surface area (Å²) in [5.41, 5.74) is 1.27. The fourth-order valence-electron chi connectivity index (χ4n) is 1.95. The third-order valence-electron chi connectivity index (χ3n) is 2.75. The fourth-order valence-corrected chi connectivity index (χ4v) is 3.15. The van der Waals surface area contributed by atoms with Gasteiger partial charge in [0.25, 0.3) is 0 Å². The van der Waals surface area contributed by atoms with Crippen molar-refractivity contribution in [3.63, 3.8) is 0 Å². The summed E-state index contributed by atoms with van der Waals surface area (Å²) in [6.45, 7) is 0. The zero-order valence-electron chi connectivity index (χ0n) is 8.67. The predicted octanol–water partition coefficient (Wildman–Crippen LogP) is 2.11. The highest BCUT2D eigenvalue weighted by molar-refractivity contribution is 7.99. The topological polar surface area (TPSA) is 47.3 Å². The largest absolute Gasteiger partial charge is 0.298 e. The Morgan fingerprint density at radius 2 is 2.50 bits per heavy atom. The highest BCUT2D eigenvalue weighted by Gasteiger charge is 2.22. The van der Waals surface area contributed by atoms with Crippen LogP contribution in [-0.2, 0) is 0 Å². The number of carbonyl (C=O) groups excluding carboxylic acids is 1. The molecule has 3 rings (SSSR count). The lowest BCUT2D eigenvalue weighted by Crippen LogP contribution is -1.92. The van der Waals surface area contributed by atoms with Gasteiger partial charge in [0.2, 0.25) is 0 Å². The highest BCUT2D eigenvalue weighted by atomic mass is 32.2. The van der Waals surface area contributed by atoms with Crippen molar-refractivity contribution in [1.82, 2.24) is 14.6 Å². The second-order valence-corrected chi connectivity index (χ2v) is 5.13. The molecule has 1 unspecified atom stereocenters. The molecule has 0 saturated carbocycles. The zero-order valence-corrected chi connectivity index (χ0v) is 9.48. The maximum atomic E-state index is 10.9. The summed E-state index contributed by atoms with van der Waals surface area (Å²) in [5, 5.41) is 4.83. The van der Waals surface area contributed by atoms with Crippen molar-refractivity contribution in [2.45, 2.75) is 18.1 Å². The van der Waals surface area contributed by atoms with Crippen LogP contribution in [0.3, 0.4) is 0 Å². The van der Waals surface area contributed by atoms with Gasteiger partial charge in [0.15, 0.2) is 17.8 Å². The van der Waals surface area contributed by atoms with Crippen LogP contribution in [0.15, 0.2) is 18.3 Å². The van der Waals surface area contributed by atoms with Crippen LogP contribution in [0.4, 0.5) is 0 Å². The summed E-state index contributed by atoms with van der Waals surface area (Å²) in [6, 6.07) is 3.58. The monoisotopic (exact) mass is 233 g/mol. The summed E-state index contributed by atoms with van der Waals surface area (Å²) in [7, 11) is 0. The molecule has 1 fully saturated rings. The molecule has 0 radical (unpaired) electrons. The van der Waals surface area contributed by atoms with Gasteiger partial charge in [-0.3, -0.25) is 4.79 Å². The van der Waals surface area contributed by atoms with Gasteiger partial charge in [-0.2, -0.15) is 16.9 Å². The van der Waals surface area contributed by atoms with Gasteiger partial charge in [0, 0.05) is 6.20 Å². The average Bonchev–Trinajstić information content (AvgIpc) is 2.96. The number of rotatable bonds is 2. The van der Waals surface area contributed by atoms with Crippen molar-refractivity contribution in [2.75, 3.05) is 5.75 Å². The molecule has 0 aliphatic carbocycles. The van der Waals surface area contributed by atoms with Crippen LogP contribution in [-0.4, -0.2) is 26.6 Å². The van der Waals surface area contributed by atoms with Crippen molar-refractivity contribution in [1.29, 1.82) is 0 Å². The number of thioether (sulfide) groups is 1. The molecule has 0 amide bonds. The third kappa shape index (κ3) is 1.51. The molecule has 82 valence electrons. The van der Waals surface area contributed by atoms with E-state index < -0.39 is 0 Å². The van der Waals surface area contributed by atoms with E-state index in [1.807, 2.05) is 24.0 Å². The van der Waals surface area contributed by atoms with E-state index in [0.717, 1.165) is 18.5 Å². The Balaban J connectivity index is 2.11. The molecule has 0 bridgehead atoms. The molecule has 0 aromatic carbocycles. The van der Waals surface area contributed by atoms with E-state index in [0.29, 0.717) is 16.5 Å². The zero-order chi connectivity index (χ0) is 11.0. The van der Waals surface area contributed by atoms with Crippen LogP contribution in [0.2, 0.25) is 0 Å². The summed E-state index contributed by atoms with van der Waals surface area (Å²) in [6.07, 6.45) is 5.03. The predicted molar refractivity (Wildman–Crippen MR) is 62.8 cm³/mol. The standard InChI is InChI=1S/C11H11N3OS/c15-7-8-3-1-5-14-11(8)12-10(13-14)9-4-2-6-16-9/h1,3,5,7,9H,2,4,6H2. The first-order chi connectivity index (χ1) is 7.88. The Labute approximate surface area is 97.1 Å². The molecule has 1 aliphatic heterocycles. The van der Waals surface area contributed by atoms with Crippen molar-refractivity contribution in [3.8, 4) is 0 Å². The lowest BCUT2D eigenvalue weighted by atomic mass is 10.2. The number of carbonyl (C=O) groups is 1. The van der Waals surface area contributed by atoms with Crippen molar-refractivity contribution in [2.24, 2.45) is 0 Å². The van der Waals surface area contributed by atoms with Crippen LogP contribution < -0.4 is 0 Å². The summed E-state index contributed by atoms with van der Waals surface area (Å²) in [4.78, 5) is 15.3. The number of hydrogen-bond acceptors (Lipinski definition) is 4. The lowest BCUT2D eigenvalue weighted by molar-refractivity contribution is 0.112. The van der Waals surface area contributed by atoms with E-state index in [1.165, 1.54) is 12.2 Å². The minimum Gasteiger partial charge on any atom is -0.298 e. The van der Waals surface area contributed by atoms with E-state index in [9.17, 15) is 4.79 Å². The van der Waals surface area contributed by atoms with Crippen molar-refractivity contribution in [3.05, 3.63) is 29.7 Å². The normalized spacial score (nSPS) is 20.4. The van der Waals surface area contributed by atoms with Gasteiger partial charge < -0.3 is 0 Å². The van der Waals surface area contributed by atoms with Gasteiger partial charge in [0.05, 0.1) is 10.8 Å². The molecule has 1 aliphatic rings. The quantitative estimate of drug-likeness (QED) is 0.745. The van der Waals surface area contributed by atoms with E-state index in [1.54, 1.807) is 10.6 Å². The van der Waals surface area contributed by atoms with E-state index in [2.05, 4.69) is 10.1 Å². The molecule has 4 nitrogen and oxygen atoms in total. The summed E-state index contributed by atoms with van der Waals surface area (Å²) in [5.74, 6) is 2.04. The molecule has 0 N–H and O–H groups in total. The molecule has 3 heterocycles. The summed E-state index contributed by atoms with van der Waals surface area (Å²) >= 11 is 1.90. The van der Waals surface area contributed by atoms with E-state index in [4.69, 9.17) is 0 Å². The van der Waals surface area contributed by atoms with Gasteiger partial charge >= 0.3 is 0 Å². The Kier molecular flexibility index (Phi) is 2.40. The average molecular weight is 233 g/mol. The van der Waals surface area contributed by atoms with E-state index >= 15 is 0 Å². The van der Waals surface area contributed by atoms with Gasteiger partial charge in [-0.1, -0.05) is 0 Å². The Hall–Kier alpha value is -1.36. The minimum atomic E-state index is 0.402.